The molecule has 1 aliphatic heterocycles. The number of anilines is 1. The Morgan fingerprint density at radius 1 is 1.56 bits per heavy atom. The first-order valence-corrected chi connectivity index (χ1v) is 5.43. The molecule has 3 heterocycles. The zero-order chi connectivity index (χ0) is 13.6. The average Bonchev–Trinajstić information content (AvgIpc) is 2.94. The Hall–Kier alpha value is -1.77. The number of aliphatic hydroxyl groups is 2. The quantitative estimate of drug-likeness (QED) is 0.630. The summed E-state index contributed by atoms with van der Waals surface area (Å²) >= 11 is 0. The number of rotatable bonds is 2. The molecule has 0 saturated carbocycles. The lowest BCUT2D eigenvalue weighted by Gasteiger charge is -2.13. The van der Waals surface area contributed by atoms with Crippen molar-refractivity contribution in [2.75, 3.05) is 12.3 Å². The fourth-order valence-electron chi connectivity index (χ4n) is 1.96. The Labute approximate surface area is 103 Å². The third-order valence-electron chi connectivity index (χ3n) is 2.90. The molecule has 1 aliphatic rings. The summed E-state index contributed by atoms with van der Waals surface area (Å²) in [6.45, 7) is -0.350. The number of nitrogen functional groups attached to an aromatic ring is 1. The van der Waals surface area contributed by atoms with Gasteiger partial charge in [-0.05, 0) is 0 Å². The minimum absolute atomic E-state index is 0.238. The summed E-state index contributed by atoms with van der Waals surface area (Å²) in [4.78, 5) is 12.0. The van der Waals surface area contributed by atoms with Gasteiger partial charge in [-0.25, -0.2) is 15.0 Å². The second-order valence-corrected chi connectivity index (χ2v) is 4.01. The molecule has 2 aromatic heterocycles. The van der Waals surface area contributed by atoms with Crippen molar-refractivity contribution >= 4 is 17.0 Å². The minimum atomic E-state index is -1.06. The van der Waals surface area contributed by atoms with Crippen molar-refractivity contribution in [1.82, 2.24) is 19.5 Å². The van der Waals surface area contributed by atoms with Crippen molar-refractivity contribution in [1.29, 1.82) is 0 Å². The highest BCUT2D eigenvalue weighted by Crippen LogP contribution is 2.30. The molecule has 8 nitrogen and oxygen atoms in total. The van der Waals surface area contributed by atoms with Gasteiger partial charge in [-0.15, -0.1) is 0 Å². The van der Waals surface area contributed by atoms with Crippen LogP contribution in [0, 0.1) is 0 Å². The van der Waals surface area contributed by atoms with E-state index in [1.807, 2.05) is 0 Å². The monoisotopic (exact) mass is 252 g/mol. The van der Waals surface area contributed by atoms with Crippen molar-refractivity contribution in [3.63, 3.8) is 0 Å². The van der Waals surface area contributed by atoms with E-state index in [2.05, 4.69) is 15.0 Å². The fourth-order valence-corrected chi connectivity index (χ4v) is 1.96. The van der Waals surface area contributed by atoms with Crippen LogP contribution in [0.25, 0.3) is 11.2 Å². The predicted octanol–water partition coefficient (Wildman–Crippen LogP) is -0.951. The van der Waals surface area contributed by atoms with E-state index in [1.54, 1.807) is 0 Å². The number of hydrogen-bond donors (Lipinski definition) is 3. The van der Waals surface area contributed by atoms with Gasteiger partial charge in [0.15, 0.2) is 11.5 Å². The summed E-state index contributed by atoms with van der Waals surface area (Å²) in [5, 5.41) is 18.9. The Bertz CT molecular complexity index is 606. The number of imidazole rings is 1. The van der Waals surface area contributed by atoms with E-state index in [1.165, 1.54) is 17.2 Å². The van der Waals surface area contributed by atoms with Gasteiger partial charge in [0, 0.05) is 7.77 Å². The molecule has 0 aliphatic carbocycles. The average molecular weight is 252 g/mol. The highest BCUT2D eigenvalue weighted by atomic mass is 16.5. The molecule has 18 heavy (non-hydrogen) atoms. The Morgan fingerprint density at radius 2 is 2.39 bits per heavy atom. The molecule has 0 aromatic carbocycles. The maximum absolute atomic E-state index is 9.79. The largest absolute Gasteiger partial charge is 0.394 e. The Kier molecular flexibility index (Phi) is 2.35. The summed E-state index contributed by atoms with van der Waals surface area (Å²) in [5.41, 5.74) is 6.53. The molecule has 8 heteroatoms. The summed E-state index contributed by atoms with van der Waals surface area (Å²) in [6.07, 6.45) is -0.828. The normalized spacial score (nSPS) is 32.9. The van der Waals surface area contributed by atoms with Crippen molar-refractivity contribution < 1.29 is 16.3 Å². The van der Waals surface area contributed by atoms with Crippen LogP contribution in [0.1, 0.15) is 14.0 Å². The molecular weight excluding hydrogens is 238 g/mol. The number of aromatic nitrogens is 4. The zero-order valence-electron chi connectivity index (χ0n) is 10.3. The molecule has 4 N–H and O–H groups in total. The molecule has 3 rings (SSSR count). The summed E-state index contributed by atoms with van der Waals surface area (Å²) in [6, 6.07) is 0. The molecule has 0 amide bonds. The first-order valence-electron chi connectivity index (χ1n) is 6.01. The van der Waals surface area contributed by atoms with E-state index in [-0.39, 0.29) is 12.4 Å². The highest BCUT2D eigenvalue weighted by Gasteiger charge is 2.35. The van der Waals surface area contributed by atoms with E-state index in [9.17, 15) is 5.11 Å². The van der Waals surface area contributed by atoms with E-state index in [0.717, 1.165) is 0 Å². The van der Waals surface area contributed by atoms with Crippen molar-refractivity contribution in [3.05, 3.63) is 12.7 Å². The van der Waals surface area contributed by atoms with Gasteiger partial charge in [0.05, 0.1) is 19.0 Å². The third-order valence-corrected chi connectivity index (χ3v) is 2.90. The van der Waals surface area contributed by atoms with Gasteiger partial charge in [0.1, 0.15) is 24.2 Å². The second-order valence-electron chi connectivity index (χ2n) is 4.01. The molecule has 0 radical (unpaired) electrons. The SMILES string of the molecule is [2H][C@H]1[C@H](O)[C@@H](CO)O[C@H]1n1cnc2c(N)ncnc21. The van der Waals surface area contributed by atoms with Gasteiger partial charge in [0.2, 0.25) is 0 Å². The molecule has 2 aromatic rings. The van der Waals surface area contributed by atoms with Crippen LogP contribution in [0.3, 0.4) is 0 Å². The lowest BCUT2D eigenvalue weighted by molar-refractivity contribution is -0.0432. The van der Waals surface area contributed by atoms with Crippen LogP contribution in [-0.2, 0) is 4.74 Å². The van der Waals surface area contributed by atoms with Crippen LogP contribution < -0.4 is 5.73 Å². The van der Waals surface area contributed by atoms with Crippen LogP contribution in [0.4, 0.5) is 5.82 Å². The smallest absolute Gasteiger partial charge is 0.167 e. The van der Waals surface area contributed by atoms with Crippen molar-refractivity contribution in [3.8, 4) is 0 Å². The lowest BCUT2D eigenvalue weighted by Crippen LogP contribution is -2.24. The van der Waals surface area contributed by atoms with E-state index >= 15 is 0 Å². The highest BCUT2D eigenvalue weighted by molar-refractivity contribution is 5.81. The number of fused-ring (bicyclic) bond motifs is 1. The van der Waals surface area contributed by atoms with Gasteiger partial charge in [-0.3, -0.25) is 4.57 Å². The summed E-state index contributed by atoms with van der Waals surface area (Å²) in [7, 11) is 0. The summed E-state index contributed by atoms with van der Waals surface area (Å²) in [5.74, 6) is 0.238. The topological polar surface area (TPSA) is 119 Å². The Morgan fingerprint density at radius 3 is 3.11 bits per heavy atom. The molecule has 1 fully saturated rings. The van der Waals surface area contributed by atoms with Gasteiger partial charge in [-0.1, -0.05) is 0 Å². The zero-order valence-corrected chi connectivity index (χ0v) is 9.34. The standard InChI is InChI=1S/C10H13N5O3/c11-9-8-10(13-3-12-9)15(4-14-8)7-1-5(17)6(2-16)18-7/h3-7,16-17H,1-2H2,(H2,11,12,13)/t5-,6+,7+/m0/s1/i1D/t1-,5-,6+,7+. The molecule has 1 saturated heterocycles. The molecular formula is C10H13N5O3. The van der Waals surface area contributed by atoms with Gasteiger partial charge in [-0.2, -0.15) is 0 Å². The second kappa shape index (κ2) is 4.16. The molecule has 0 unspecified atom stereocenters. The first kappa shape index (κ1) is 10.2. The van der Waals surface area contributed by atoms with Crippen LogP contribution in [0.2, 0.25) is 0 Å². The number of aliphatic hydroxyl groups excluding tert-OH is 2. The van der Waals surface area contributed by atoms with Crippen LogP contribution in [0.15, 0.2) is 12.7 Å². The Balaban J connectivity index is 2.04. The van der Waals surface area contributed by atoms with Crippen molar-refractivity contribution in [2.24, 2.45) is 0 Å². The number of hydrogen-bond acceptors (Lipinski definition) is 7. The number of ether oxygens (including phenoxy) is 1. The maximum Gasteiger partial charge on any atom is 0.167 e. The van der Waals surface area contributed by atoms with Gasteiger partial charge in [0.25, 0.3) is 0 Å². The fraction of sp³-hybridized carbons (Fsp3) is 0.500. The van der Waals surface area contributed by atoms with Gasteiger partial charge < -0.3 is 20.7 Å². The number of nitrogens with zero attached hydrogens (tertiary/aromatic N) is 4. The first-order chi connectivity index (χ1) is 9.13. The van der Waals surface area contributed by atoms with Crippen LogP contribution in [0.5, 0.6) is 0 Å². The molecule has 0 bridgehead atoms. The maximum atomic E-state index is 9.79. The lowest BCUT2D eigenvalue weighted by atomic mass is 10.2. The van der Waals surface area contributed by atoms with Crippen LogP contribution >= 0.6 is 0 Å². The van der Waals surface area contributed by atoms with Gasteiger partial charge >= 0.3 is 0 Å². The number of nitrogens with two attached hydrogens (primary N) is 1. The predicted molar refractivity (Wildman–Crippen MR) is 61.4 cm³/mol. The van der Waals surface area contributed by atoms with E-state index in [0.29, 0.717) is 11.2 Å². The molecule has 0 spiro atoms. The molecule has 96 valence electrons. The van der Waals surface area contributed by atoms with Crippen LogP contribution in [-0.4, -0.2) is 48.5 Å². The van der Waals surface area contributed by atoms with E-state index in [4.69, 9.17) is 16.9 Å². The molecule has 4 atom stereocenters. The minimum Gasteiger partial charge on any atom is -0.394 e. The summed E-state index contributed by atoms with van der Waals surface area (Å²) < 4.78 is 14.9. The van der Waals surface area contributed by atoms with E-state index < -0.39 is 24.8 Å². The third kappa shape index (κ3) is 1.62. The van der Waals surface area contributed by atoms with Crippen molar-refractivity contribution in [2.45, 2.75) is 24.8 Å².